The number of non-ortho nitro benzene ring substituents is 1. The molecule has 1 aromatic heterocycles. The summed E-state index contributed by atoms with van der Waals surface area (Å²) in [5, 5.41) is 10.7. The van der Waals surface area contributed by atoms with Gasteiger partial charge in [0, 0.05) is 30.5 Å². The summed E-state index contributed by atoms with van der Waals surface area (Å²) in [6, 6.07) is 10.4. The summed E-state index contributed by atoms with van der Waals surface area (Å²) < 4.78 is 16.2. The van der Waals surface area contributed by atoms with Gasteiger partial charge in [-0.1, -0.05) is 11.3 Å². The zero-order valence-electron chi connectivity index (χ0n) is 14.9. The molecule has 3 rings (SSSR count). The molecule has 0 aliphatic heterocycles. The van der Waals surface area contributed by atoms with Gasteiger partial charge < -0.3 is 4.57 Å². The van der Waals surface area contributed by atoms with Gasteiger partial charge in [-0.3, -0.25) is 14.9 Å². The Balaban J connectivity index is 1.89. The molecule has 0 radical (unpaired) electrons. The molecule has 0 fully saturated rings. The second kappa shape index (κ2) is 8.94. The zero-order chi connectivity index (χ0) is 20.1. The smallest absolute Gasteiger partial charge is 0.272 e. The molecule has 0 aliphatic carbocycles. The Kier molecular flexibility index (Phi) is 6.37. The van der Waals surface area contributed by atoms with Crippen molar-refractivity contribution in [3.63, 3.8) is 0 Å². The van der Waals surface area contributed by atoms with E-state index in [9.17, 15) is 19.3 Å². The zero-order valence-corrected chi connectivity index (χ0v) is 16.5. The molecule has 0 spiro atoms. The molecule has 0 N–H and O–H groups in total. The van der Waals surface area contributed by atoms with Crippen molar-refractivity contribution >= 4 is 51.0 Å². The van der Waals surface area contributed by atoms with E-state index >= 15 is 0 Å². The third-order valence-electron chi connectivity index (χ3n) is 3.89. The van der Waals surface area contributed by atoms with Crippen molar-refractivity contribution in [3.8, 4) is 0 Å². The van der Waals surface area contributed by atoms with Gasteiger partial charge in [0.15, 0.2) is 4.80 Å². The number of thioether (sulfide) groups is 1. The second-order valence-corrected chi connectivity index (χ2v) is 7.77. The topological polar surface area (TPSA) is 77.5 Å². The number of benzene rings is 2. The van der Waals surface area contributed by atoms with Crippen LogP contribution in [0.4, 0.5) is 10.1 Å². The number of amides is 1. The predicted octanol–water partition coefficient (Wildman–Crippen LogP) is 4.25. The molecule has 6 nitrogen and oxygen atoms in total. The minimum Gasteiger partial charge on any atom is -0.316 e. The van der Waals surface area contributed by atoms with Crippen molar-refractivity contribution in [2.75, 3.05) is 12.0 Å². The fourth-order valence-electron chi connectivity index (χ4n) is 2.54. The van der Waals surface area contributed by atoms with Gasteiger partial charge in [0.2, 0.25) is 0 Å². The number of fused-ring (bicyclic) bond motifs is 1. The number of aryl methyl sites for hydroxylation is 1. The molecule has 0 unspecified atom stereocenters. The summed E-state index contributed by atoms with van der Waals surface area (Å²) in [4.78, 5) is 27.1. The van der Waals surface area contributed by atoms with E-state index in [1.807, 2.05) is 10.8 Å². The summed E-state index contributed by atoms with van der Waals surface area (Å²) in [5.41, 5.74) is 1.48. The van der Waals surface area contributed by atoms with Gasteiger partial charge in [-0.05, 0) is 48.2 Å². The number of hydrogen-bond donors (Lipinski definition) is 0. The van der Waals surface area contributed by atoms with E-state index in [4.69, 9.17) is 0 Å². The van der Waals surface area contributed by atoms with Crippen LogP contribution < -0.4 is 4.80 Å². The number of nitrogens with zero attached hydrogens (tertiary/aromatic N) is 3. The Morgan fingerprint density at radius 2 is 2.07 bits per heavy atom. The molecule has 144 valence electrons. The van der Waals surface area contributed by atoms with Crippen molar-refractivity contribution in [1.82, 2.24) is 4.57 Å². The van der Waals surface area contributed by atoms with Crippen LogP contribution in [-0.4, -0.2) is 27.4 Å². The van der Waals surface area contributed by atoms with Crippen LogP contribution in [0.5, 0.6) is 0 Å². The third-order valence-corrected chi connectivity index (χ3v) is 5.52. The van der Waals surface area contributed by atoms with Crippen molar-refractivity contribution in [2.45, 2.75) is 6.54 Å². The van der Waals surface area contributed by atoms with E-state index in [0.29, 0.717) is 16.9 Å². The fourth-order valence-corrected chi connectivity index (χ4v) is 3.99. The average molecular weight is 417 g/mol. The molecule has 0 aliphatic rings. The van der Waals surface area contributed by atoms with Crippen LogP contribution in [0.3, 0.4) is 0 Å². The lowest BCUT2D eigenvalue weighted by Gasteiger charge is -2.03. The maximum absolute atomic E-state index is 13.5. The highest BCUT2D eigenvalue weighted by atomic mass is 32.2. The average Bonchev–Trinajstić information content (AvgIpc) is 3.00. The first kappa shape index (κ1) is 20.0. The molecule has 0 bridgehead atoms. The number of rotatable bonds is 6. The second-order valence-electron chi connectivity index (χ2n) is 5.77. The van der Waals surface area contributed by atoms with E-state index in [1.165, 1.54) is 41.7 Å². The summed E-state index contributed by atoms with van der Waals surface area (Å²) in [6.07, 6.45) is 4.85. The molecule has 1 heterocycles. The highest BCUT2D eigenvalue weighted by molar-refractivity contribution is 7.98. The number of nitro groups is 1. The molecule has 2 aromatic carbocycles. The van der Waals surface area contributed by atoms with Crippen molar-refractivity contribution in [1.29, 1.82) is 0 Å². The lowest BCUT2D eigenvalue weighted by atomic mass is 10.2. The molecule has 28 heavy (non-hydrogen) atoms. The fraction of sp³-hybridized carbons (Fsp3) is 0.158. The molecular weight excluding hydrogens is 401 g/mol. The summed E-state index contributed by atoms with van der Waals surface area (Å²) >= 11 is 2.93. The van der Waals surface area contributed by atoms with Crippen LogP contribution in [0.25, 0.3) is 16.3 Å². The lowest BCUT2D eigenvalue weighted by molar-refractivity contribution is -0.384. The molecule has 0 atom stereocenters. The van der Waals surface area contributed by atoms with Gasteiger partial charge in [0.25, 0.3) is 11.6 Å². The van der Waals surface area contributed by atoms with Gasteiger partial charge in [0.05, 0.1) is 15.1 Å². The molecule has 9 heteroatoms. The van der Waals surface area contributed by atoms with Crippen LogP contribution >= 0.6 is 23.1 Å². The Bertz CT molecular complexity index is 1120. The van der Waals surface area contributed by atoms with Crippen LogP contribution in [0, 0.1) is 15.9 Å². The predicted molar refractivity (Wildman–Crippen MR) is 111 cm³/mol. The first-order valence-corrected chi connectivity index (χ1v) is 10.5. The Morgan fingerprint density at radius 1 is 1.32 bits per heavy atom. The standard InChI is InChI=1S/C19H16FN3O3S2/c1-27-11-10-22-16-8-5-14(20)12-17(16)28-19(22)21-18(24)9-4-13-2-6-15(7-3-13)23(25)26/h2-9,12H,10-11H2,1H3/b9-4+,21-19?. The van der Waals surface area contributed by atoms with Gasteiger partial charge in [0.1, 0.15) is 5.82 Å². The summed E-state index contributed by atoms with van der Waals surface area (Å²) in [5.74, 6) is 0.0495. The third kappa shape index (κ3) is 4.73. The quantitative estimate of drug-likeness (QED) is 0.341. The van der Waals surface area contributed by atoms with Crippen molar-refractivity contribution in [2.24, 2.45) is 4.99 Å². The molecule has 3 aromatic rings. The van der Waals surface area contributed by atoms with Crippen molar-refractivity contribution in [3.05, 3.63) is 74.8 Å². The Labute approximate surface area is 168 Å². The minimum absolute atomic E-state index is 0.0134. The summed E-state index contributed by atoms with van der Waals surface area (Å²) in [7, 11) is 0. The summed E-state index contributed by atoms with van der Waals surface area (Å²) in [6.45, 7) is 0.658. The highest BCUT2D eigenvalue weighted by Crippen LogP contribution is 2.19. The van der Waals surface area contributed by atoms with E-state index < -0.39 is 10.8 Å². The van der Waals surface area contributed by atoms with Crippen LogP contribution in [0.1, 0.15) is 5.56 Å². The number of aromatic nitrogens is 1. The van der Waals surface area contributed by atoms with Gasteiger partial charge in [-0.15, -0.1) is 0 Å². The van der Waals surface area contributed by atoms with Gasteiger partial charge >= 0.3 is 0 Å². The minimum atomic E-state index is -0.481. The number of hydrogen-bond acceptors (Lipinski definition) is 5. The normalized spacial score (nSPS) is 12.1. The number of halogens is 1. The number of carbonyl (C=O) groups is 1. The SMILES string of the molecule is CSCCn1c(=NC(=O)/C=C/c2ccc([N+](=O)[O-])cc2)sc2cc(F)ccc21. The van der Waals surface area contributed by atoms with E-state index in [0.717, 1.165) is 16.0 Å². The molecule has 1 amide bonds. The van der Waals surface area contributed by atoms with Crippen LogP contribution in [-0.2, 0) is 11.3 Å². The Hall–Kier alpha value is -2.78. The first-order valence-electron chi connectivity index (χ1n) is 8.27. The largest absolute Gasteiger partial charge is 0.316 e. The van der Waals surface area contributed by atoms with E-state index in [2.05, 4.69) is 4.99 Å². The monoisotopic (exact) mass is 417 g/mol. The Morgan fingerprint density at radius 3 is 2.75 bits per heavy atom. The van der Waals surface area contributed by atoms with Gasteiger partial charge in [-0.25, -0.2) is 4.39 Å². The maximum Gasteiger partial charge on any atom is 0.272 e. The highest BCUT2D eigenvalue weighted by Gasteiger charge is 2.08. The first-order chi connectivity index (χ1) is 13.5. The lowest BCUT2D eigenvalue weighted by Crippen LogP contribution is -2.17. The van der Waals surface area contributed by atoms with Crippen molar-refractivity contribution < 1.29 is 14.1 Å². The van der Waals surface area contributed by atoms with E-state index in [-0.39, 0.29) is 11.5 Å². The maximum atomic E-state index is 13.5. The van der Waals surface area contributed by atoms with Crippen LogP contribution in [0.2, 0.25) is 0 Å². The van der Waals surface area contributed by atoms with Crippen LogP contribution in [0.15, 0.2) is 53.5 Å². The molecule has 0 saturated heterocycles. The number of thiazole rings is 1. The molecular formula is C19H16FN3O3S2. The van der Waals surface area contributed by atoms with E-state index in [1.54, 1.807) is 36.0 Å². The number of nitro benzene ring substituents is 1. The molecule has 0 saturated carbocycles. The number of carbonyl (C=O) groups excluding carboxylic acids is 1. The van der Waals surface area contributed by atoms with Gasteiger partial charge in [-0.2, -0.15) is 16.8 Å².